The Hall–Kier alpha value is 0.0639. The molecule has 0 aromatic carbocycles. The maximum atomic E-state index is 2.12. The van der Waals surface area contributed by atoms with Gasteiger partial charge < -0.3 is 0 Å². The fourth-order valence-corrected chi connectivity index (χ4v) is 1.67. The van der Waals surface area contributed by atoms with Crippen molar-refractivity contribution in [3.05, 3.63) is 48.6 Å². The molecule has 0 N–H and O–H groups in total. The van der Waals surface area contributed by atoms with Crippen LogP contribution in [0.2, 0.25) is 0 Å². The predicted octanol–water partition coefficient (Wildman–Crippen LogP) is 4.95. The Bertz CT molecular complexity index is 193. The average Bonchev–Trinajstić information content (AvgIpc) is 3.09. The number of allylic oxidation sites excluding steroid dienone is 8. The summed E-state index contributed by atoms with van der Waals surface area (Å²) in [6.45, 7) is 0. The van der Waals surface area contributed by atoms with E-state index in [2.05, 4.69) is 48.6 Å². The van der Waals surface area contributed by atoms with Crippen molar-refractivity contribution in [2.75, 3.05) is 0 Å². The molecule has 0 aromatic rings. The van der Waals surface area contributed by atoms with Gasteiger partial charge in [-0.3, -0.25) is 0 Å². The molecule has 1 radical (unpaired) electrons. The summed E-state index contributed by atoms with van der Waals surface area (Å²) in [5.41, 5.74) is 0. The summed E-state index contributed by atoms with van der Waals surface area (Å²) in [4.78, 5) is 0. The van der Waals surface area contributed by atoms with Crippen LogP contribution in [0.1, 0.15) is 44.9 Å². The number of rotatable bonds is 0. The Kier molecular flexibility index (Phi) is 13.2. The van der Waals surface area contributed by atoms with Crippen LogP contribution in [0.4, 0.5) is 0 Å². The monoisotopic (exact) mass is 291 g/mol. The fraction of sp³-hybridized carbons (Fsp3) is 0.467. The third-order valence-corrected chi connectivity index (χ3v) is 2.56. The van der Waals surface area contributed by atoms with E-state index in [1.165, 1.54) is 32.1 Å². The summed E-state index contributed by atoms with van der Waals surface area (Å²) in [6, 6.07) is 0. The van der Waals surface area contributed by atoms with Crippen LogP contribution in [0, 0.1) is 0 Å². The molecule has 0 unspecified atom stereocenters. The van der Waals surface area contributed by atoms with Gasteiger partial charge in [-0.05, 0) is 12.8 Å². The van der Waals surface area contributed by atoms with Crippen LogP contribution in [0.3, 0.4) is 0 Å². The Morgan fingerprint density at radius 1 is 0.438 bits per heavy atom. The molecule has 0 heterocycles. The van der Waals surface area contributed by atoms with E-state index in [1.807, 2.05) is 0 Å². The third kappa shape index (κ3) is 10.6. The molecule has 0 saturated heterocycles. The van der Waals surface area contributed by atoms with Gasteiger partial charge in [-0.15, -0.1) is 0 Å². The first-order chi connectivity index (χ1) is 7.50. The summed E-state index contributed by atoms with van der Waals surface area (Å²) in [5, 5.41) is 0. The van der Waals surface area contributed by atoms with E-state index in [4.69, 9.17) is 0 Å². The quantitative estimate of drug-likeness (QED) is 0.592. The second-order valence-corrected chi connectivity index (χ2v) is 3.95. The van der Waals surface area contributed by atoms with Gasteiger partial charge in [0.2, 0.25) is 0 Å². The van der Waals surface area contributed by atoms with E-state index in [-0.39, 0.29) is 32.7 Å². The standard InChI is InChI=1S/C5H10.2C5H6.Y/c3*1-2-4-5-3-1;/h1-5H2;2*1-4H,5H2;. The van der Waals surface area contributed by atoms with Gasteiger partial charge >= 0.3 is 0 Å². The first kappa shape index (κ1) is 16.1. The van der Waals surface area contributed by atoms with Gasteiger partial charge in [0.1, 0.15) is 0 Å². The van der Waals surface area contributed by atoms with E-state index >= 15 is 0 Å². The topological polar surface area (TPSA) is 0 Å². The average molecular weight is 291 g/mol. The summed E-state index contributed by atoms with van der Waals surface area (Å²) in [5.74, 6) is 0. The molecule has 1 saturated carbocycles. The summed E-state index contributed by atoms with van der Waals surface area (Å²) < 4.78 is 0. The molecule has 0 bridgehead atoms. The van der Waals surface area contributed by atoms with Crippen molar-refractivity contribution < 1.29 is 32.7 Å². The van der Waals surface area contributed by atoms with Gasteiger partial charge in [0.05, 0.1) is 0 Å². The second kappa shape index (κ2) is 13.1. The molecule has 3 aliphatic rings. The van der Waals surface area contributed by atoms with Gasteiger partial charge in [-0.1, -0.05) is 80.7 Å². The van der Waals surface area contributed by atoms with E-state index in [0.717, 1.165) is 12.8 Å². The molecule has 3 rings (SSSR count). The molecule has 0 aliphatic heterocycles. The molecule has 0 amide bonds. The van der Waals surface area contributed by atoms with Crippen molar-refractivity contribution in [2.45, 2.75) is 44.9 Å². The van der Waals surface area contributed by atoms with Crippen molar-refractivity contribution in [1.29, 1.82) is 0 Å². The Morgan fingerprint density at radius 2 is 0.688 bits per heavy atom. The summed E-state index contributed by atoms with van der Waals surface area (Å²) in [6.07, 6.45) is 26.5. The Morgan fingerprint density at radius 3 is 0.812 bits per heavy atom. The number of hydrogen-bond acceptors (Lipinski definition) is 0. The van der Waals surface area contributed by atoms with Crippen molar-refractivity contribution in [3.8, 4) is 0 Å². The molecule has 1 heteroatoms. The predicted molar refractivity (Wildman–Crippen MR) is 68.9 cm³/mol. The maximum absolute atomic E-state index is 2.12. The number of hydrogen-bond donors (Lipinski definition) is 0. The van der Waals surface area contributed by atoms with Crippen LogP contribution >= 0.6 is 0 Å². The molecule has 3 aliphatic carbocycles. The molecule has 0 spiro atoms. The van der Waals surface area contributed by atoms with Gasteiger partial charge in [0.25, 0.3) is 0 Å². The smallest absolute Gasteiger partial charge is 0 e. The SMILES string of the molecule is C1=CCC=C1.C1=CCC=C1.C1CCCC1.[Y]. The van der Waals surface area contributed by atoms with Crippen molar-refractivity contribution in [3.63, 3.8) is 0 Å². The van der Waals surface area contributed by atoms with Crippen molar-refractivity contribution in [1.82, 2.24) is 0 Å². The van der Waals surface area contributed by atoms with Gasteiger partial charge in [0.15, 0.2) is 0 Å². The van der Waals surface area contributed by atoms with E-state index in [9.17, 15) is 0 Å². The zero-order valence-electron chi connectivity index (χ0n) is 10.1. The van der Waals surface area contributed by atoms with Crippen LogP contribution in [0.5, 0.6) is 0 Å². The van der Waals surface area contributed by atoms with Crippen LogP contribution in [0.15, 0.2) is 48.6 Å². The molecular formula is C15H22Y. The Labute approximate surface area is 125 Å². The van der Waals surface area contributed by atoms with Crippen LogP contribution in [-0.2, 0) is 32.7 Å². The molecule has 0 atom stereocenters. The Balaban J connectivity index is 0.000000205. The van der Waals surface area contributed by atoms with E-state index < -0.39 is 0 Å². The van der Waals surface area contributed by atoms with Crippen LogP contribution in [0.25, 0.3) is 0 Å². The second-order valence-electron chi connectivity index (χ2n) is 3.95. The maximum Gasteiger partial charge on any atom is 0 e. The molecule has 0 nitrogen and oxygen atoms in total. The van der Waals surface area contributed by atoms with E-state index in [0.29, 0.717) is 0 Å². The first-order valence-electron chi connectivity index (χ1n) is 6.13. The molecule has 85 valence electrons. The fourth-order valence-electron chi connectivity index (χ4n) is 1.67. The molecular weight excluding hydrogens is 269 g/mol. The van der Waals surface area contributed by atoms with Crippen LogP contribution < -0.4 is 0 Å². The zero-order chi connectivity index (χ0) is 10.6. The van der Waals surface area contributed by atoms with Gasteiger partial charge in [-0.2, -0.15) is 0 Å². The van der Waals surface area contributed by atoms with E-state index in [1.54, 1.807) is 0 Å². The van der Waals surface area contributed by atoms with Gasteiger partial charge in [-0.25, -0.2) is 0 Å². The summed E-state index contributed by atoms with van der Waals surface area (Å²) >= 11 is 0. The molecule has 1 fully saturated rings. The minimum atomic E-state index is 0. The largest absolute Gasteiger partial charge is 0.0808 e. The third-order valence-electron chi connectivity index (χ3n) is 2.56. The van der Waals surface area contributed by atoms with Crippen molar-refractivity contribution in [2.24, 2.45) is 0 Å². The zero-order valence-corrected chi connectivity index (χ0v) is 13.0. The van der Waals surface area contributed by atoms with Gasteiger partial charge in [0, 0.05) is 32.7 Å². The van der Waals surface area contributed by atoms with Crippen LogP contribution in [-0.4, -0.2) is 0 Å². The summed E-state index contributed by atoms with van der Waals surface area (Å²) in [7, 11) is 0. The first-order valence-corrected chi connectivity index (χ1v) is 6.13. The van der Waals surface area contributed by atoms with Crippen molar-refractivity contribution >= 4 is 0 Å². The molecule has 16 heavy (non-hydrogen) atoms. The normalized spacial score (nSPS) is 18.5. The molecule has 0 aromatic heterocycles. The minimum Gasteiger partial charge on any atom is -0.0808 e. The minimum absolute atomic E-state index is 0.